The number of methoxy groups -OCH3 is 1. The summed E-state index contributed by atoms with van der Waals surface area (Å²) in [6.07, 6.45) is 2.26. The molecule has 4 rings (SSSR count). The molecule has 154 valence electrons. The lowest BCUT2D eigenvalue weighted by Gasteiger charge is -2.30. The molecule has 0 fully saturated rings. The molecule has 1 aliphatic rings. The first-order chi connectivity index (χ1) is 13.7. The number of Topliss-reactive ketones (excluding diaryl/α,β-unsaturated/α-hetero) is 1. The maximum atomic E-state index is 12.9. The Labute approximate surface area is 171 Å². The minimum atomic E-state index is -0.0951. The van der Waals surface area contributed by atoms with Gasteiger partial charge in [-0.05, 0) is 57.1 Å². The van der Waals surface area contributed by atoms with Crippen molar-refractivity contribution in [3.05, 3.63) is 29.5 Å². The van der Waals surface area contributed by atoms with Crippen LogP contribution >= 0.6 is 0 Å². The highest BCUT2D eigenvalue weighted by Gasteiger charge is 2.35. The topological polar surface area (TPSA) is 73.4 Å². The number of nitrogen functional groups attached to an aromatic ring is 1. The second-order valence-corrected chi connectivity index (χ2v) is 9.18. The molecule has 0 atom stereocenters. The van der Waals surface area contributed by atoms with Gasteiger partial charge in [0.15, 0.2) is 5.78 Å². The fourth-order valence-electron chi connectivity index (χ4n) is 4.54. The molecule has 2 N–H and O–H groups in total. The first kappa shape index (κ1) is 19.7. The van der Waals surface area contributed by atoms with Gasteiger partial charge in [-0.15, -0.1) is 0 Å². The van der Waals surface area contributed by atoms with Crippen LogP contribution in [-0.4, -0.2) is 48.0 Å². The molecule has 3 aromatic rings. The highest BCUT2D eigenvalue weighted by Crippen LogP contribution is 2.42. The Morgan fingerprint density at radius 1 is 1.28 bits per heavy atom. The quantitative estimate of drug-likeness (QED) is 0.711. The second kappa shape index (κ2) is 7.02. The van der Waals surface area contributed by atoms with E-state index in [1.54, 1.807) is 7.11 Å². The third-order valence-electron chi connectivity index (χ3n) is 5.86. The van der Waals surface area contributed by atoms with Crippen LogP contribution in [0.5, 0.6) is 5.75 Å². The maximum absolute atomic E-state index is 12.9. The van der Waals surface area contributed by atoms with E-state index in [9.17, 15) is 4.79 Å². The number of hydrogen-bond donors (Lipinski definition) is 1. The molecule has 0 spiro atoms. The lowest BCUT2D eigenvalue weighted by Crippen LogP contribution is -2.29. The Bertz CT molecular complexity index is 1110. The highest BCUT2D eigenvalue weighted by atomic mass is 16.5. The molecule has 0 unspecified atom stereocenters. The van der Waals surface area contributed by atoms with Gasteiger partial charge in [-0.3, -0.25) is 4.79 Å². The zero-order chi connectivity index (χ0) is 20.9. The molecular weight excluding hydrogens is 364 g/mol. The molecule has 0 amide bonds. The lowest BCUT2D eigenvalue weighted by atomic mass is 9.75. The zero-order valence-electron chi connectivity index (χ0n) is 18.0. The number of benzene rings is 1. The molecule has 2 aromatic heterocycles. The van der Waals surface area contributed by atoms with Crippen molar-refractivity contribution in [2.75, 3.05) is 33.5 Å². The van der Waals surface area contributed by atoms with Crippen molar-refractivity contribution < 1.29 is 9.53 Å². The fourth-order valence-corrected chi connectivity index (χ4v) is 4.54. The van der Waals surface area contributed by atoms with Gasteiger partial charge in [-0.25, -0.2) is 4.98 Å². The normalized spacial score (nSPS) is 16.0. The van der Waals surface area contributed by atoms with E-state index in [0.29, 0.717) is 17.7 Å². The fraction of sp³-hybridized carbons (Fsp3) is 0.478. The summed E-state index contributed by atoms with van der Waals surface area (Å²) in [6, 6.07) is 6.03. The number of nitrogens with zero attached hydrogens (tertiary/aromatic N) is 3. The van der Waals surface area contributed by atoms with Gasteiger partial charge in [-0.2, -0.15) is 0 Å². The molecule has 6 nitrogen and oxygen atoms in total. The first-order valence-corrected chi connectivity index (χ1v) is 10.2. The van der Waals surface area contributed by atoms with E-state index in [-0.39, 0.29) is 11.2 Å². The van der Waals surface area contributed by atoms with Gasteiger partial charge in [-0.1, -0.05) is 13.8 Å². The van der Waals surface area contributed by atoms with Gasteiger partial charge in [0, 0.05) is 18.4 Å². The van der Waals surface area contributed by atoms with E-state index in [1.165, 1.54) is 0 Å². The number of pyridine rings is 1. The van der Waals surface area contributed by atoms with Crippen LogP contribution in [0, 0.1) is 5.41 Å². The Kier molecular flexibility index (Phi) is 4.77. The van der Waals surface area contributed by atoms with Gasteiger partial charge < -0.3 is 19.9 Å². The van der Waals surface area contributed by atoms with Crippen LogP contribution in [0.15, 0.2) is 18.2 Å². The minimum absolute atomic E-state index is 0.0951. The Morgan fingerprint density at radius 3 is 2.72 bits per heavy atom. The summed E-state index contributed by atoms with van der Waals surface area (Å²) in [4.78, 5) is 20.1. The van der Waals surface area contributed by atoms with Crippen molar-refractivity contribution >= 4 is 33.4 Å². The molecule has 0 bridgehead atoms. The van der Waals surface area contributed by atoms with E-state index in [1.807, 2.05) is 12.1 Å². The number of anilines is 1. The molecule has 0 saturated carbocycles. The average Bonchev–Trinajstić information content (AvgIpc) is 2.93. The zero-order valence-corrected chi connectivity index (χ0v) is 18.0. The number of carbonyl (C=O) groups is 1. The van der Waals surface area contributed by atoms with Gasteiger partial charge in [0.2, 0.25) is 0 Å². The molecule has 0 aliphatic heterocycles. The Balaban J connectivity index is 1.99. The summed E-state index contributed by atoms with van der Waals surface area (Å²) in [6.45, 7) is 6.07. The monoisotopic (exact) mass is 394 g/mol. The predicted octanol–water partition coefficient (Wildman–Crippen LogP) is 3.89. The summed E-state index contributed by atoms with van der Waals surface area (Å²) in [5.74, 6) is 0.869. The first-order valence-electron chi connectivity index (χ1n) is 10.2. The van der Waals surface area contributed by atoms with E-state index in [0.717, 1.165) is 59.3 Å². The smallest absolute Gasteiger partial charge is 0.167 e. The van der Waals surface area contributed by atoms with Gasteiger partial charge >= 0.3 is 0 Å². The van der Waals surface area contributed by atoms with Crippen molar-refractivity contribution in [1.82, 2.24) is 14.5 Å². The number of fused-ring (bicyclic) bond motifs is 4. The highest BCUT2D eigenvalue weighted by molar-refractivity contribution is 6.18. The minimum Gasteiger partial charge on any atom is -0.497 e. The lowest BCUT2D eigenvalue weighted by molar-refractivity contribution is 0.0911. The number of rotatable bonds is 5. The maximum Gasteiger partial charge on any atom is 0.167 e. The summed E-state index contributed by atoms with van der Waals surface area (Å²) in [7, 11) is 5.82. The summed E-state index contributed by atoms with van der Waals surface area (Å²) in [5.41, 5.74) is 10.5. The van der Waals surface area contributed by atoms with Crippen LogP contribution < -0.4 is 10.5 Å². The number of ether oxygens (including phenoxy) is 1. The number of aromatic nitrogens is 2. The van der Waals surface area contributed by atoms with E-state index < -0.39 is 0 Å². The third kappa shape index (κ3) is 3.35. The van der Waals surface area contributed by atoms with E-state index in [4.69, 9.17) is 15.5 Å². The van der Waals surface area contributed by atoms with Crippen molar-refractivity contribution in [1.29, 1.82) is 0 Å². The number of aryl methyl sites for hydroxylation is 1. The van der Waals surface area contributed by atoms with Crippen LogP contribution in [0.2, 0.25) is 0 Å². The van der Waals surface area contributed by atoms with Crippen molar-refractivity contribution in [3.8, 4) is 5.75 Å². The molecule has 1 aromatic carbocycles. The van der Waals surface area contributed by atoms with Gasteiger partial charge in [0.25, 0.3) is 0 Å². The summed E-state index contributed by atoms with van der Waals surface area (Å²) in [5, 5.41) is 1.87. The molecule has 6 heteroatoms. The molecular formula is C23H30N4O2. The van der Waals surface area contributed by atoms with Crippen molar-refractivity contribution in [3.63, 3.8) is 0 Å². The molecule has 29 heavy (non-hydrogen) atoms. The largest absolute Gasteiger partial charge is 0.497 e. The summed E-state index contributed by atoms with van der Waals surface area (Å²) >= 11 is 0. The van der Waals surface area contributed by atoms with Gasteiger partial charge in [0.05, 0.1) is 35.0 Å². The third-order valence-corrected chi connectivity index (χ3v) is 5.86. The number of carbonyl (C=O) groups excluding carboxylic acids is 1. The molecule has 0 radical (unpaired) electrons. The Hall–Kier alpha value is -2.60. The second-order valence-electron chi connectivity index (χ2n) is 9.18. The van der Waals surface area contributed by atoms with Crippen molar-refractivity contribution in [2.45, 2.75) is 39.7 Å². The molecule has 2 heterocycles. The van der Waals surface area contributed by atoms with Crippen LogP contribution in [-0.2, 0) is 13.0 Å². The van der Waals surface area contributed by atoms with Crippen LogP contribution in [0.1, 0.15) is 42.7 Å². The average molecular weight is 395 g/mol. The van der Waals surface area contributed by atoms with Crippen LogP contribution in [0.4, 0.5) is 5.69 Å². The summed E-state index contributed by atoms with van der Waals surface area (Å²) < 4.78 is 7.70. The number of hydrogen-bond acceptors (Lipinski definition) is 5. The molecule has 1 aliphatic carbocycles. The Morgan fingerprint density at radius 2 is 2.03 bits per heavy atom. The number of nitrogens with two attached hydrogens (primary N) is 1. The predicted molar refractivity (Wildman–Crippen MR) is 118 cm³/mol. The molecule has 0 saturated heterocycles. The van der Waals surface area contributed by atoms with Crippen LogP contribution in [0.3, 0.4) is 0 Å². The standard InChI is InChI=1S/C23H30N4O2/c1-23(2)12-16-20(18(28)13-23)21(24)19-15-11-14(29-5)7-8-17(15)27(22(19)25-16)10-6-9-26(3)4/h7-8,11H,6,9-10,12-13H2,1-5H3,(H2,24,25). The SMILES string of the molecule is COc1ccc2c(c1)c1c(N)c3c(nc1n2CCCN(C)C)CC(C)(C)CC3=O. The number of ketones is 1. The van der Waals surface area contributed by atoms with Gasteiger partial charge in [0.1, 0.15) is 11.4 Å². The van der Waals surface area contributed by atoms with E-state index >= 15 is 0 Å². The van der Waals surface area contributed by atoms with Crippen molar-refractivity contribution in [2.24, 2.45) is 5.41 Å². The van der Waals surface area contributed by atoms with E-state index in [2.05, 4.69) is 43.5 Å². The van der Waals surface area contributed by atoms with Crippen LogP contribution in [0.25, 0.3) is 21.9 Å².